The SMILES string of the molecule is CCCC(C)C(=O)Nc1cc(OC)ccc1N. The maximum Gasteiger partial charge on any atom is 0.227 e. The molecule has 3 N–H and O–H groups in total. The number of methoxy groups -OCH3 is 1. The molecule has 0 saturated heterocycles. The molecular formula is C13H20N2O2. The molecule has 1 amide bonds. The van der Waals surface area contributed by atoms with E-state index in [0.29, 0.717) is 17.1 Å². The first kappa shape index (κ1) is 13.4. The summed E-state index contributed by atoms with van der Waals surface area (Å²) in [6, 6.07) is 5.21. The van der Waals surface area contributed by atoms with Gasteiger partial charge in [-0.25, -0.2) is 0 Å². The maximum absolute atomic E-state index is 11.8. The van der Waals surface area contributed by atoms with Gasteiger partial charge in [-0.2, -0.15) is 0 Å². The molecular weight excluding hydrogens is 216 g/mol. The predicted molar refractivity (Wildman–Crippen MR) is 70.1 cm³/mol. The molecule has 0 fully saturated rings. The minimum absolute atomic E-state index is 0.00759. The van der Waals surface area contributed by atoms with Crippen molar-refractivity contribution >= 4 is 17.3 Å². The Morgan fingerprint density at radius 1 is 1.53 bits per heavy atom. The number of rotatable bonds is 5. The Hall–Kier alpha value is -1.71. The molecule has 4 nitrogen and oxygen atoms in total. The Morgan fingerprint density at radius 3 is 2.82 bits per heavy atom. The van der Waals surface area contributed by atoms with Gasteiger partial charge in [-0.3, -0.25) is 4.79 Å². The van der Waals surface area contributed by atoms with E-state index in [4.69, 9.17) is 10.5 Å². The second-order valence-electron chi connectivity index (χ2n) is 4.13. The zero-order valence-electron chi connectivity index (χ0n) is 10.6. The number of nitrogens with two attached hydrogens (primary N) is 1. The van der Waals surface area contributed by atoms with Crippen LogP contribution in [0.3, 0.4) is 0 Å². The highest BCUT2D eigenvalue weighted by molar-refractivity contribution is 5.95. The van der Waals surface area contributed by atoms with E-state index in [-0.39, 0.29) is 11.8 Å². The smallest absolute Gasteiger partial charge is 0.227 e. The summed E-state index contributed by atoms with van der Waals surface area (Å²) >= 11 is 0. The predicted octanol–water partition coefficient (Wildman–Crippen LogP) is 2.65. The number of carbonyl (C=O) groups excluding carboxylic acids is 1. The molecule has 0 spiro atoms. The van der Waals surface area contributed by atoms with Gasteiger partial charge in [-0.15, -0.1) is 0 Å². The quantitative estimate of drug-likeness (QED) is 0.772. The average Bonchev–Trinajstić information content (AvgIpc) is 2.32. The number of carbonyl (C=O) groups is 1. The first-order valence-corrected chi connectivity index (χ1v) is 5.82. The first-order valence-electron chi connectivity index (χ1n) is 5.82. The zero-order chi connectivity index (χ0) is 12.8. The number of ether oxygens (including phenoxy) is 1. The van der Waals surface area contributed by atoms with Crippen LogP contribution in [0.1, 0.15) is 26.7 Å². The molecule has 0 radical (unpaired) electrons. The van der Waals surface area contributed by atoms with Crippen LogP contribution in [0.4, 0.5) is 11.4 Å². The highest BCUT2D eigenvalue weighted by Gasteiger charge is 2.13. The Morgan fingerprint density at radius 2 is 2.24 bits per heavy atom. The van der Waals surface area contributed by atoms with Crippen molar-refractivity contribution in [1.29, 1.82) is 0 Å². The molecule has 1 aromatic rings. The number of benzene rings is 1. The lowest BCUT2D eigenvalue weighted by Crippen LogP contribution is -2.20. The molecule has 0 aliphatic carbocycles. The van der Waals surface area contributed by atoms with Gasteiger partial charge in [0.2, 0.25) is 5.91 Å². The molecule has 0 heterocycles. The van der Waals surface area contributed by atoms with Crippen molar-refractivity contribution in [3.05, 3.63) is 18.2 Å². The van der Waals surface area contributed by atoms with Crippen molar-refractivity contribution in [2.75, 3.05) is 18.2 Å². The average molecular weight is 236 g/mol. The number of anilines is 2. The van der Waals surface area contributed by atoms with Gasteiger partial charge < -0.3 is 15.8 Å². The molecule has 0 aliphatic rings. The molecule has 1 aromatic carbocycles. The largest absolute Gasteiger partial charge is 0.497 e. The zero-order valence-corrected chi connectivity index (χ0v) is 10.6. The van der Waals surface area contributed by atoms with Gasteiger partial charge in [-0.1, -0.05) is 20.3 Å². The summed E-state index contributed by atoms with van der Waals surface area (Å²) in [5.41, 5.74) is 6.95. The number of hydrogen-bond acceptors (Lipinski definition) is 3. The summed E-state index contributed by atoms with van der Waals surface area (Å²) in [4.78, 5) is 11.8. The van der Waals surface area contributed by atoms with Gasteiger partial charge in [0.15, 0.2) is 0 Å². The van der Waals surface area contributed by atoms with Crippen LogP contribution in [-0.4, -0.2) is 13.0 Å². The lowest BCUT2D eigenvalue weighted by molar-refractivity contribution is -0.119. The summed E-state index contributed by atoms with van der Waals surface area (Å²) in [5.74, 6) is 0.662. The van der Waals surface area contributed by atoms with Crippen LogP contribution in [-0.2, 0) is 4.79 Å². The van der Waals surface area contributed by atoms with E-state index in [0.717, 1.165) is 12.8 Å². The van der Waals surface area contributed by atoms with E-state index in [1.807, 2.05) is 6.92 Å². The highest BCUT2D eigenvalue weighted by atomic mass is 16.5. The minimum Gasteiger partial charge on any atom is -0.497 e. The van der Waals surface area contributed by atoms with Crippen molar-refractivity contribution in [3.8, 4) is 5.75 Å². The van der Waals surface area contributed by atoms with Crippen LogP contribution in [0.15, 0.2) is 18.2 Å². The van der Waals surface area contributed by atoms with Gasteiger partial charge in [0.25, 0.3) is 0 Å². The Kier molecular flexibility index (Phi) is 4.82. The summed E-state index contributed by atoms with van der Waals surface area (Å²) in [6.07, 6.45) is 1.86. The van der Waals surface area contributed by atoms with Gasteiger partial charge in [0, 0.05) is 12.0 Å². The fourth-order valence-electron chi connectivity index (χ4n) is 1.59. The molecule has 4 heteroatoms. The Bertz CT molecular complexity index is 391. The van der Waals surface area contributed by atoms with E-state index >= 15 is 0 Å². The number of nitrogen functional groups attached to an aromatic ring is 1. The number of nitrogens with one attached hydrogen (secondary N) is 1. The molecule has 1 unspecified atom stereocenters. The molecule has 1 atom stereocenters. The number of hydrogen-bond donors (Lipinski definition) is 2. The van der Waals surface area contributed by atoms with Crippen LogP contribution >= 0.6 is 0 Å². The fraction of sp³-hybridized carbons (Fsp3) is 0.462. The fourth-order valence-corrected chi connectivity index (χ4v) is 1.59. The van der Waals surface area contributed by atoms with Crippen LogP contribution < -0.4 is 15.8 Å². The van der Waals surface area contributed by atoms with E-state index in [9.17, 15) is 4.79 Å². The monoisotopic (exact) mass is 236 g/mol. The third-order valence-corrected chi connectivity index (χ3v) is 2.69. The van der Waals surface area contributed by atoms with E-state index in [1.165, 1.54) is 0 Å². The van der Waals surface area contributed by atoms with Gasteiger partial charge in [-0.05, 0) is 18.6 Å². The minimum atomic E-state index is -0.00870. The van der Waals surface area contributed by atoms with Crippen molar-refractivity contribution in [2.24, 2.45) is 5.92 Å². The van der Waals surface area contributed by atoms with Gasteiger partial charge in [0.1, 0.15) is 5.75 Å². The van der Waals surface area contributed by atoms with Crippen LogP contribution in [0, 0.1) is 5.92 Å². The summed E-state index contributed by atoms with van der Waals surface area (Å²) in [7, 11) is 1.58. The third kappa shape index (κ3) is 3.66. The normalized spacial score (nSPS) is 11.9. The lowest BCUT2D eigenvalue weighted by atomic mass is 10.1. The van der Waals surface area contributed by atoms with Crippen LogP contribution in [0.5, 0.6) is 5.75 Å². The van der Waals surface area contributed by atoms with Gasteiger partial charge >= 0.3 is 0 Å². The highest BCUT2D eigenvalue weighted by Crippen LogP contribution is 2.25. The summed E-state index contributed by atoms with van der Waals surface area (Å²) in [6.45, 7) is 3.97. The Labute approximate surface area is 102 Å². The summed E-state index contributed by atoms with van der Waals surface area (Å²) < 4.78 is 5.09. The molecule has 94 valence electrons. The standard InChI is InChI=1S/C13H20N2O2/c1-4-5-9(2)13(16)15-12-8-10(17-3)6-7-11(12)14/h6-9H,4-5,14H2,1-3H3,(H,15,16). The molecule has 0 bridgehead atoms. The maximum atomic E-state index is 11.8. The van der Waals surface area contributed by atoms with Gasteiger partial charge in [0.05, 0.1) is 18.5 Å². The van der Waals surface area contributed by atoms with E-state index in [2.05, 4.69) is 12.2 Å². The summed E-state index contributed by atoms with van der Waals surface area (Å²) in [5, 5.41) is 2.83. The second kappa shape index (κ2) is 6.13. The first-order chi connectivity index (χ1) is 8.08. The van der Waals surface area contributed by atoms with Crippen molar-refractivity contribution in [3.63, 3.8) is 0 Å². The third-order valence-electron chi connectivity index (χ3n) is 2.69. The number of amides is 1. The molecule has 17 heavy (non-hydrogen) atoms. The van der Waals surface area contributed by atoms with E-state index in [1.54, 1.807) is 25.3 Å². The van der Waals surface area contributed by atoms with Crippen molar-refractivity contribution < 1.29 is 9.53 Å². The Balaban J connectivity index is 2.76. The second-order valence-corrected chi connectivity index (χ2v) is 4.13. The molecule has 0 aliphatic heterocycles. The molecule has 0 saturated carbocycles. The van der Waals surface area contributed by atoms with Crippen LogP contribution in [0.25, 0.3) is 0 Å². The topological polar surface area (TPSA) is 64.3 Å². The molecule has 0 aromatic heterocycles. The molecule has 1 rings (SSSR count). The van der Waals surface area contributed by atoms with Crippen molar-refractivity contribution in [2.45, 2.75) is 26.7 Å². The van der Waals surface area contributed by atoms with E-state index < -0.39 is 0 Å². The van der Waals surface area contributed by atoms with Crippen LogP contribution in [0.2, 0.25) is 0 Å². The lowest BCUT2D eigenvalue weighted by Gasteiger charge is -2.13. The van der Waals surface area contributed by atoms with Crippen molar-refractivity contribution in [1.82, 2.24) is 0 Å².